The van der Waals surface area contributed by atoms with Crippen molar-refractivity contribution < 1.29 is 23.9 Å². The molecule has 2 aromatic carbocycles. The van der Waals surface area contributed by atoms with Gasteiger partial charge in [-0.15, -0.1) is 0 Å². The Morgan fingerprint density at radius 2 is 1.80 bits per heavy atom. The zero-order valence-corrected chi connectivity index (χ0v) is 17.2. The summed E-state index contributed by atoms with van der Waals surface area (Å²) in [7, 11) is 3.07. The van der Waals surface area contributed by atoms with Gasteiger partial charge in [-0.3, -0.25) is 15.0 Å². The van der Waals surface area contributed by atoms with Crippen LogP contribution in [0, 0.1) is 0 Å². The van der Waals surface area contributed by atoms with Crippen molar-refractivity contribution in [3.8, 4) is 11.5 Å². The average Bonchev–Trinajstić information content (AvgIpc) is 3.02. The van der Waals surface area contributed by atoms with Gasteiger partial charge in [-0.05, 0) is 30.0 Å². The highest BCUT2D eigenvalue weighted by Crippen LogP contribution is 2.32. The van der Waals surface area contributed by atoms with Crippen LogP contribution in [-0.4, -0.2) is 37.1 Å². The number of hydrazine groups is 1. The third kappa shape index (κ3) is 3.80. The van der Waals surface area contributed by atoms with Crippen LogP contribution in [0.3, 0.4) is 0 Å². The molecule has 158 valence electrons. The number of amides is 4. The van der Waals surface area contributed by atoms with Gasteiger partial charge < -0.3 is 14.8 Å². The third-order valence-electron chi connectivity index (χ3n) is 5.23. The second-order valence-electron chi connectivity index (χ2n) is 6.88. The summed E-state index contributed by atoms with van der Waals surface area (Å²) in [6.07, 6.45) is 0.771. The second kappa shape index (κ2) is 8.86. The van der Waals surface area contributed by atoms with E-state index in [0.29, 0.717) is 29.9 Å². The maximum atomic E-state index is 13.1. The van der Waals surface area contributed by atoms with Gasteiger partial charge in [0.05, 0.1) is 14.2 Å². The molecule has 1 heterocycles. The number of imide groups is 1. The number of carbonyl (C=O) groups is 3. The number of nitrogens with zero attached hydrogens (tertiary/aromatic N) is 1. The van der Waals surface area contributed by atoms with E-state index in [1.165, 1.54) is 7.11 Å². The molecule has 3 rings (SSSR count). The smallest absolute Gasteiger partial charge is 0.344 e. The molecule has 0 aliphatic carbocycles. The Kier molecular flexibility index (Phi) is 6.25. The molecular weight excluding hydrogens is 386 g/mol. The topological polar surface area (TPSA) is 97.0 Å². The Labute approximate surface area is 175 Å². The molecule has 1 saturated heterocycles. The number of benzene rings is 2. The minimum atomic E-state index is -1.19. The van der Waals surface area contributed by atoms with E-state index in [4.69, 9.17) is 9.47 Å². The normalized spacial score (nSPS) is 18.2. The van der Waals surface area contributed by atoms with E-state index in [-0.39, 0.29) is 6.42 Å². The van der Waals surface area contributed by atoms with Gasteiger partial charge in [-0.1, -0.05) is 49.4 Å². The molecule has 0 spiro atoms. The van der Waals surface area contributed by atoms with Crippen LogP contribution in [0.15, 0.2) is 48.5 Å². The molecule has 1 aliphatic heterocycles. The molecule has 8 heteroatoms. The highest BCUT2D eigenvalue weighted by atomic mass is 16.5. The maximum absolute atomic E-state index is 13.1. The van der Waals surface area contributed by atoms with Crippen molar-refractivity contribution in [3.63, 3.8) is 0 Å². The van der Waals surface area contributed by atoms with Crippen molar-refractivity contribution in [1.82, 2.24) is 15.8 Å². The summed E-state index contributed by atoms with van der Waals surface area (Å²) in [6, 6.07) is 13.7. The lowest BCUT2D eigenvalue weighted by molar-refractivity contribution is -0.139. The van der Waals surface area contributed by atoms with Crippen molar-refractivity contribution in [2.45, 2.75) is 31.7 Å². The Balaban J connectivity index is 1.70. The van der Waals surface area contributed by atoms with Gasteiger partial charge in [-0.25, -0.2) is 4.79 Å². The molecule has 0 aromatic heterocycles. The predicted molar refractivity (Wildman–Crippen MR) is 110 cm³/mol. The van der Waals surface area contributed by atoms with E-state index >= 15 is 0 Å². The SMILES string of the molecule is CC[C@@]1(c2ccccc2)NC(=O)N(NC(=O)CCc2cccc(OC)c2OC)C1=O. The lowest BCUT2D eigenvalue weighted by Crippen LogP contribution is -2.48. The van der Waals surface area contributed by atoms with Crippen molar-refractivity contribution in [2.75, 3.05) is 14.2 Å². The fraction of sp³-hybridized carbons (Fsp3) is 0.318. The molecular formula is C22H25N3O5. The number of urea groups is 1. The summed E-state index contributed by atoms with van der Waals surface area (Å²) < 4.78 is 10.6. The Hall–Kier alpha value is -3.55. The molecule has 0 saturated carbocycles. The van der Waals surface area contributed by atoms with Gasteiger partial charge in [0.2, 0.25) is 5.91 Å². The Morgan fingerprint density at radius 3 is 2.43 bits per heavy atom. The number of methoxy groups -OCH3 is 2. The lowest BCUT2D eigenvalue weighted by Gasteiger charge is -2.25. The zero-order valence-electron chi connectivity index (χ0n) is 17.2. The highest BCUT2D eigenvalue weighted by Gasteiger charge is 2.52. The van der Waals surface area contributed by atoms with Gasteiger partial charge in [0.15, 0.2) is 11.5 Å². The number of hydrogen-bond donors (Lipinski definition) is 2. The molecule has 8 nitrogen and oxygen atoms in total. The lowest BCUT2D eigenvalue weighted by atomic mass is 9.87. The van der Waals surface area contributed by atoms with Crippen LogP contribution < -0.4 is 20.2 Å². The summed E-state index contributed by atoms with van der Waals surface area (Å²) in [6.45, 7) is 1.81. The Bertz CT molecular complexity index is 947. The molecule has 0 radical (unpaired) electrons. The fourth-order valence-electron chi connectivity index (χ4n) is 3.62. The van der Waals surface area contributed by atoms with E-state index in [1.807, 2.05) is 25.1 Å². The number of hydrogen-bond acceptors (Lipinski definition) is 5. The van der Waals surface area contributed by atoms with Crippen LogP contribution in [0.4, 0.5) is 4.79 Å². The number of para-hydroxylation sites is 1. The predicted octanol–water partition coefficient (Wildman–Crippen LogP) is 2.52. The molecule has 0 unspecified atom stereocenters. The van der Waals surface area contributed by atoms with E-state index in [2.05, 4.69) is 10.7 Å². The van der Waals surface area contributed by atoms with Crippen molar-refractivity contribution >= 4 is 17.8 Å². The van der Waals surface area contributed by atoms with Gasteiger partial charge in [0.25, 0.3) is 5.91 Å². The first-order chi connectivity index (χ1) is 14.5. The number of rotatable bonds is 8. The zero-order chi connectivity index (χ0) is 21.7. The molecule has 1 atom stereocenters. The van der Waals surface area contributed by atoms with Gasteiger partial charge in [0.1, 0.15) is 5.54 Å². The minimum absolute atomic E-state index is 0.0606. The molecule has 30 heavy (non-hydrogen) atoms. The summed E-state index contributed by atoms with van der Waals surface area (Å²) in [5, 5.41) is 3.50. The largest absolute Gasteiger partial charge is 0.493 e. The van der Waals surface area contributed by atoms with Crippen LogP contribution in [-0.2, 0) is 21.5 Å². The summed E-state index contributed by atoms with van der Waals surface area (Å²) in [5.74, 6) is 0.161. The van der Waals surface area contributed by atoms with E-state index < -0.39 is 23.4 Å². The number of aryl methyl sites for hydroxylation is 1. The van der Waals surface area contributed by atoms with Crippen molar-refractivity contribution in [2.24, 2.45) is 0 Å². The quantitative estimate of drug-likeness (QED) is 0.651. The summed E-state index contributed by atoms with van der Waals surface area (Å²) in [4.78, 5) is 38.0. The standard InChI is InChI=1S/C22H25N3O5/c1-4-22(16-10-6-5-7-11-16)20(27)25(21(28)23-22)24-18(26)14-13-15-9-8-12-17(29-2)19(15)30-3/h5-12H,4,13-14H2,1-3H3,(H,23,28)(H,24,26)/t22-/m0/s1. The first-order valence-electron chi connectivity index (χ1n) is 9.68. The van der Waals surface area contributed by atoms with Crippen LogP contribution in [0.2, 0.25) is 0 Å². The third-order valence-corrected chi connectivity index (χ3v) is 5.23. The van der Waals surface area contributed by atoms with Crippen LogP contribution >= 0.6 is 0 Å². The minimum Gasteiger partial charge on any atom is -0.493 e. The van der Waals surface area contributed by atoms with Gasteiger partial charge >= 0.3 is 6.03 Å². The maximum Gasteiger partial charge on any atom is 0.344 e. The monoisotopic (exact) mass is 411 g/mol. The first kappa shape index (κ1) is 21.2. The molecule has 1 aliphatic rings. The number of nitrogens with one attached hydrogen (secondary N) is 2. The molecule has 2 N–H and O–H groups in total. The summed E-state index contributed by atoms with van der Waals surface area (Å²) in [5.41, 5.74) is 2.70. The number of carbonyl (C=O) groups excluding carboxylic acids is 3. The first-order valence-corrected chi connectivity index (χ1v) is 9.68. The second-order valence-corrected chi connectivity index (χ2v) is 6.88. The molecule has 0 bridgehead atoms. The highest BCUT2D eigenvalue weighted by molar-refractivity contribution is 6.08. The molecule has 4 amide bonds. The summed E-state index contributed by atoms with van der Waals surface area (Å²) >= 11 is 0. The average molecular weight is 411 g/mol. The van der Waals surface area contributed by atoms with Crippen LogP contribution in [0.1, 0.15) is 30.9 Å². The van der Waals surface area contributed by atoms with Crippen LogP contribution in [0.25, 0.3) is 0 Å². The van der Waals surface area contributed by atoms with Crippen molar-refractivity contribution in [1.29, 1.82) is 0 Å². The van der Waals surface area contributed by atoms with Crippen molar-refractivity contribution in [3.05, 3.63) is 59.7 Å². The van der Waals surface area contributed by atoms with Crippen LogP contribution in [0.5, 0.6) is 11.5 Å². The molecule has 1 fully saturated rings. The van der Waals surface area contributed by atoms with E-state index in [1.54, 1.807) is 37.4 Å². The van der Waals surface area contributed by atoms with E-state index in [0.717, 1.165) is 10.6 Å². The number of ether oxygens (including phenoxy) is 2. The van der Waals surface area contributed by atoms with Gasteiger partial charge in [0, 0.05) is 6.42 Å². The Morgan fingerprint density at radius 1 is 1.07 bits per heavy atom. The fourth-order valence-corrected chi connectivity index (χ4v) is 3.62. The van der Waals surface area contributed by atoms with Gasteiger partial charge in [-0.2, -0.15) is 5.01 Å². The van der Waals surface area contributed by atoms with E-state index in [9.17, 15) is 14.4 Å². The molecule has 2 aromatic rings.